The largest absolute Gasteiger partial charge is 0.445 e. The molecule has 3 saturated heterocycles. The van der Waals surface area contributed by atoms with E-state index in [0.29, 0.717) is 69.8 Å². The van der Waals surface area contributed by atoms with Crippen LogP contribution in [0.1, 0.15) is 161 Å². The van der Waals surface area contributed by atoms with Crippen LogP contribution in [0.2, 0.25) is 0 Å². The number of carbonyl (C=O) groups excluding carboxylic acids is 4. The summed E-state index contributed by atoms with van der Waals surface area (Å²) in [7, 11) is 0. The van der Waals surface area contributed by atoms with Gasteiger partial charge in [0.15, 0.2) is 5.78 Å². The third kappa shape index (κ3) is 24.6. The fraction of sp³-hybridized carbons (Fsp3) is 0.348. The van der Waals surface area contributed by atoms with Crippen molar-refractivity contribution >= 4 is 24.1 Å². The van der Waals surface area contributed by atoms with Crippen molar-refractivity contribution in [1.82, 2.24) is 14.7 Å². The molecule has 0 radical (unpaired) electrons. The molecule has 674 valence electrons. The molecule has 8 atom stereocenters. The highest BCUT2D eigenvalue weighted by Crippen LogP contribution is 2.49. The Kier molecular flexibility index (Phi) is 30.5. The van der Waals surface area contributed by atoms with Crippen molar-refractivity contribution in [2.75, 3.05) is 39.5 Å². The second-order valence-corrected chi connectivity index (χ2v) is 30.9. The van der Waals surface area contributed by atoms with E-state index >= 15 is 0 Å². The van der Waals surface area contributed by atoms with Gasteiger partial charge in [-0.3, -0.25) is 40.7 Å². The van der Waals surface area contributed by atoms with Gasteiger partial charge in [-0.15, -0.1) is 0 Å². The van der Waals surface area contributed by atoms with E-state index in [4.69, 9.17) is 53.0 Å². The normalized spacial score (nSPS) is 20.7. The van der Waals surface area contributed by atoms with Crippen molar-refractivity contribution in [3.63, 3.8) is 0 Å². The topological polar surface area (TPSA) is 194 Å². The number of alkyl halides is 18. The average Bonchev–Trinajstić information content (AvgIpc) is 0.746. The fourth-order valence-electron chi connectivity index (χ4n) is 14.9. The first kappa shape index (κ1) is 97.2. The van der Waals surface area contributed by atoms with Crippen LogP contribution in [0.5, 0.6) is 0 Å². The van der Waals surface area contributed by atoms with Crippen LogP contribution in [0.25, 0.3) is 9.69 Å². The van der Waals surface area contributed by atoms with E-state index in [1.54, 1.807) is 182 Å². The van der Waals surface area contributed by atoms with Crippen LogP contribution in [-0.2, 0) is 107 Å². The first-order valence-electron chi connectivity index (χ1n) is 39.3. The molecule has 3 aliphatic rings. The monoisotopic (exact) mass is 1790 g/mol. The standard InChI is InChI=1S/2C31H29F6N3O3.C30H27F6NO4/c2*1-21(23-15-25(30(32,33)34)17-26(16-23)31(35,36)37)43-20-28(24-11-7-4-8-12-24)13-14-29(38,39-2)19-40(28)27(41)42-18-22-9-5-3-6-10-22;1-20(22-14-24(29(31,32)33)16-25(15-22)30(34,35)36)41-19-28(23-10-6-3-7-11-23)13-12-26(38)17-37(28)27(39)40-18-21-8-4-2-5-9-21/h2*3-12,15-17,21H,13-14,18-20,38H2,1H3;2-11,14-16,20H,12-13,17-19H2,1H3/t21-,28-,29+;21-,28-,29-;20-,28-/m111/s1. The van der Waals surface area contributed by atoms with Crippen LogP contribution in [0.3, 0.4) is 0 Å². The molecule has 3 fully saturated rings. The Morgan fingerprint density at radius 1 is 0.354 bits per heavy atom. The molecule has 9 aromatic carbocycles. The molecule has 17 nitrogen and oxygen atoms in total. The number of hydrogen-bond acceptors (Lipinski definition) is 12. The maximum atomic E-state index is 13.6. The smallest absolute Gasteiger partial charge is 0.416 e. The zero-order valence-electron chi connectivity index (χ0n) is 68.1. The maximum Gasteiger partial charge on any atom is 0.416 e. The second kappa shape index (κ2) is 39.9. The highest BCUT2D eigenvalue weighted by atomic mass is 19.4. The number of nitrogens with zero attached hydrogens (tertiary/aromatic N) is 5. The first-order chi connectivity index (χ1) is 59.6. The lowest BCUT2D eigenvalue weighted by Gasteiger charge is -2.48. The van der Waals surface area contributed by atoms with E-state index in [0.717, 1.165) is 0 Å². The van der Waals surface area contributed by atoms with Crippen LogP contribution in [0.4, 0.5) is 93.4 Å². The molecule has 12 rings (SSSR count). The van der Waals surface area contributed by atoms with Gasteiger partial charge < -0.3 is 28.4 Å². The molecule has 3 aliphatic heterocycles. The molecule has 35 heteroatoms. The van der Waals surface area contributed by atoms with Gasteiger partial charge in [-0.2, -0.15) is 79.0 Å². The van der Waals surface area contributed by atoms with Crippen LogP contribution in [0.15, 0.2) is 237 Å². The number of carbonyl (C=O) groups is 4. The summed E-state index contributed by atoms with van der Waals surface area (Å²) in [6.07, 6.45) is -35.5. The number of hydrogen-bond donors (Lipinski definition) is 2. The summed E-state index contributed by atoms with van der Waals surface area (Å²) in [5, 5.41) is 0. The van der Waals surface area contributed by atoms with E-state index in [1.807, 2.05) is 0 Å². The van der Waals surface area contributed by atoms with Crippen LogP contribution in [0, 0.1) is 13.1 Å². The van der Waals surface area contributed by atoms with Crippen LogP contribution in [-0.4, -0.2) is 89.5 Å². The molecule has 0 unspecified atom stereocenters. The van der Waals surface area contributed by atoms with E-state index in [9.17, 15) is 98.2 Å². The summed E-state index contributed by atoms with van der Waals surface area (Å²) in [5.41, 5.74) is -0.0712. The van der Waals surface area contributed by atoms with Crippen molar-refractivity contribution in [2.45, 2.75) is 162 Å². The Labute approximate surface area is 718 Å². The van der Waals surface area contributed by atoms with Gasteiger partial charge in [0, 0.05) is 19.3 Å². The number of benzene rings is 9. The minimum absolute atomic E-state index is 0.0541. The van der Waals surface area contributed by atoms with Gasteiger partial charge >= 0.3 is 66.7 Å². The molecule has 9 aromatic rings. The molecule has 0 saturated carbocycles. The Morgan fingerprint density at radius 2 is 0.583 bits per heavy atom. The molecular formula is C92H85F18N7O10. The number of nitrogens with two attached hydrogens (primary N) is 2. The fourth-order valence-corrected chi connectivity index (χ4v) is 14.9. The van der Waals surface area contributed by atoms with Crippen molar-refractivity contribution in [3.8, 4) is 0 Å². The van der Waals surface area contributed by atoms with E-state index in [-0.39, 0.29) is 138 Å². The van der Waals surface area contributed by atoms with Gasteiger partial charge in [-0.25, -0.2) is 27.5 Å². The van der Waals surface area contributed by atoms with Crippen molar-refractivity contribution in [1.29, 1.82) is 0 Å². The predicted octanol–water partition coefficient (Wildman–Crippen LogP) is 23.1. The Bertz CT molecular complexity index is 5000. The van der Waals surface area contributed by atoms with E-state index < -0.39 is 135 Å². The quantitative estimate of drug-likeness (QED) is 0.0393. The van der Waals surface area contributed by atoms with Gasteiger partial charge in [0.05, 0.1) is 94.7 Å². The maximum absolute atomic E-state index is 13.6. The summed E-state index contributed by atoms with van der Waals surface area (Å²) in [6.45, 7) is 17.2. The first-order valence-corrected chi connectivity index (χ1v) is 39.3. The summed E-state index contributed by atoms with van der Waals surface area (Å²) in [4.78, 5) is 64.0. The highest BCUT2D eigenvalue weighted by Gasteiger charge is 2.57. The number of amides is 3. The summed E-state index contributed by atoms with van der Waals surface area (Å²) in [5.74, 6) is -0.228. The number of Topliss-reactive ketones (excluding diaryl/α,β-unsaturated/α-hetero) is 1. The van der Waals surface area contributed by atoms with Crippen LogP contribution >= 0.6 is 0 Å². The van der Waals surface area contributed by atoms with Gasteiger partial charge in [-0.05, 0) is 145 Å². The molecular weight excluding hydrogens is 1710 g/mol. The molecule has 0 spiro atoms. The lowest BCUT2D eigenvalue weighted by molar-refractivity contribution is -0.145. The molecule has 0 bridgehead atoms. The third-order valence-electron chi connectivity index (χ3n) is 22.1. The molecule has 0 aromatic heterocycles. The predicted molar refractivity (Wildman–Crippen MR) is 427 cm³/mol. The van der Waals surface area contributed by atoms with Crippen molar-refractivity contribution in [3.05, 3.63) is 343 Å². The highest BCUT2D eigenvalue weighted by molar-refractivity contribution is 5.86. The average molecular weight is 1790 g/mol. The minimum atomic E-state index is -5.02. The summed E-state index contributed by atoms with van der Waals surface area (Å²) < 4.78 is 277. The Balaban J connectivity index is 0.000000199. The number of likely N-dealkylation sites (tertiary alicyclic amines) is 3. The van der Waals surface area contributed by atoms with Gasteiger partial charge in [0.1, 0.15) is 32.9 Å². The summed E-state index contributed by atoms with van der Waals surface area (Å²) in [6, 6.07) is 56.3. The molecule has 0 aliphatic carbocycles. The number of rotatable bonds is 21. The Hall–Kier alpha value is -12.0. The zero-order chi connectivity index (χ0) is 92.8. The van der Waals surface area contributed by atoms with E-state index in [2.05, 4.69) is 9.69 Å². The Morgan fingerprint density at radius 3 is 0.819 bits per heavy atom. The zero-order valence-corrected chi connectivity index (χ0v) is 68.1. The molecule has 127 heavy (non-hydrogen) atoms. The molecule has 3 amide bonds. The molecule has 3 heterocycles. The number of piperidine rings is 3. The summed E-state index contributed by atoms with van der Waals surface area (Å²) >= 11 is 0. The van der Waals surface area contributed by atoms with Gasteiger partial charge in [0.2, 0.25) is 0 Å². The van der Waals surface area contributed by atoms with Crippen molar-refractivity contribution in [2.24, 2.45) is 11.5 Å². The lowest BCUT2D eigenvalue weighted by atomic mass is 9.78. The molecule has 4 N–H and O–H groups in total. The van der Waals surface area contributed by atoms with Crippen molar-refractivity contribution < 1.29 is 127 Å². The number of halogens is 18. The third-order valence-corrected chi connectivity index (χ3v) is 22.1. The SMILES string of the molecule is C[C@@H](OC[C@@]1(c2ccccc2)CCC(=O)CN1C(=O)OCc1ccccc1)c1cc(C(F)(F)F)cc(C(F)(F)F)c1.[C-]#[N+][C@@]1(N)CC[C@@](CO[C@H](C)c2cc(C(F)(F)F)cc(C(F)(F)F)c2)(c2ccccc2)N(C(=O)OCc2ccccc2)C1.[C-]#[N+][C@]1(N)CC[C@@](CO[C@H](C)c2cc(C(F)(F)F)cc(C(F)(F)F)c2)(c2ccccc2)N(C(=O)OCc2ccccc2)C1. The van der Waals surface area contributed by atoms with E-state index in [1.165, 1.54) is 35.5 Å². The number of ether oxygens (including phenoxy) is 6. The lowest BCUT2D eigenvalue weighted by Crippen LogP contribution is -2.64. The van der Waals surface area contributed by atoms with Crippen LogP contribution < -0.4 is 11.5 Å². The second-order valence-electron chi connectivity index (χ2n) is 30.9. The number of ketones is 1. The van der Waals surface area contributed by atoms with Gasteiger partial charge in [-0.1, -0.05) is 182 Å². The van der Waals surface area contributed by atoms with Gasteiger partial charge in [0.25, 0.3) is 0 Å². The minimum Gasteiger partial charge on any atom is -0.445 e.